The van der Waals surface area contributed by atoms with Gasteiger partial charge in [0.05, 0.1) is 29.8 Å². The first-order valence-corrected chi connectivity index (χ1v) is 15.1. The number of hydrogen-bond donors (Lipinski definition) is 3. The Hall–Kier alpha value is -3.30. The van der Waals surface area contributed by atoms with Crippen LogP contribution < -0.4 is 4.72 Å². The molecule has 1 aliphatic rings. The summed E-state index contributed by atoms with van der Waals surface area (Å²) < 4.78 is 35.4. The van der Waals surface area contributed by atoms with Gasteiger partial charge in [0.1, 0.15) is 0 Å². The maximum Gasteiger partial charge on any atom is 0.303 e. The van der Waals surface area contributed by atoms with Crippen molar-refractivity contribution in [2.45, 2.75) is 68.8 Å². The number of carbonyl (C=O) groups is 1. The normalized spacial score (nSPS) is 21.1. The van der Waals surface area contributed by atoms with Crippen LogP contribution in [0.25, 0.3) is 11.1 Å². The minimum absolute atomic E-state index is 0.0975. The van der Waals surface area contributed by atoms with Crippen molar-refractivity contribution in [3.8, 4) is 11.1 Å². The van der Waals surface area contributed by atoms with E-state index >= 15 is 0 Å². The molecule has 3 aromatic rings. The van der Waals surface area contributed by atoms with Gasteiger partial charge in [-0.1, -0.05) is 84.4 Å². The average Bonchev–Trinajstić information content (AvgIpc) is 3.23. The van der Waals surface area contributed by atoms with E-state index in [9.17, 15) is 18.3 Å². The van der Waals surface area contributed by atoms with Crippen molar-refractivity contribution < 1.29 is 28.2 Å². The van der Waals surface area contributed by atoms with Gasteiger partial charge in [-0.25, -0.2) is 13.1 Å². The van der Waals surface area contributed by atoms with Gasteiger partial charge >= 0.3 is 5.97 Å². The molecule has 8 heteroatoms. The molecular weight excluding hydrogens is 526 g/mol. The van der Waals surface area contributed by atoms with Crippen LogP contribution in [0.5, 0.6) is 0 Å². The van der Waals surface area contributed by atoms with E-state index < -0.39 is 28.1 Å². The van der Waals surface area contributed by atoms with E-state index in [0.717, 1.165) is 22.3 Å². The van der Waals surface area contributed by atoms with Gasteiger partial charge in [0.15, 0.2) is 0 Å². The summed E-state index contributed by atoms with van der Waals surface area (Å²) in [6.45, 7) is 2.23. The zero-order valence-corrected chi connectivity index (χ0v) is 23.5. The van der Waals surface area contributed by atoms with Gasteiger partial charge in [-0.15, -0.1) is 0 Å². The van der Waals surface area contributed by atoms with Crippen molar-refractivity contribution in [2.24, 2.45) is 5.92 Å². The highest BCUT2D eigenvalue weighted by Gasteiger charge is 2.44. The number of carboxylic acids is 1. The van der Waals surface area contributed by atoms with Crippen molar-refractivity contribution >= 4 is 16.0 Å². The van der Waals surface area contributed by atoms with Gasteiger partial charge in [-0.2, -0.15) is 0 Å². The number of hydrogen-bond acceptors (Lipinski definition) is 5. The molecule has 4 atom stereocenters. The number of aliphatic hydroxyl groups excluding tert-OH is 1. The van der Waals surface area contributed by atoms with E-state index in [1.54, 1.807) is 24.3 Å². The number of aryl methyl sites for hydroxylation is 1. The van der Waals surface area contributed by atoms with E-state index in [-0.39, 0.29) is 23.3 Å². The number of ether oxygens (including phenoxy) is 1. The van der Waals surface area contributed by atoms with Crippen LogP contribution in [0, 0.1) is 12.8 Å². The summed E-state index contributed by atoms with van der Waals surface area (Å²) in [6, 6.07) is 24.1. The number of allylic oxidation sites excluding steroid dienone is 2. The number of nitrogens with one attached hydrogen (secondary N) is 1. The Balaban J connectivity index is 1.45. The van der Waals surface area contributed by atoms with Crippen molar-refractivity contribution in [1.29, 1.82) is 0 Å². The molecular formula is C32H37NO6S. The molecule has 0 aromatic heterocycles. The Morgan fingerprint density at radius 1 is 0.975 bits per heavy atom. The number of sulfonamides is 1. The minimum Gasteiger partial charge on any atom is -0.481 e. The standard InChI is InChI=1S/C32H37NO6S/c1-23-13-19-27(20-14-23)40(37,38)33-32-28(11-7-2-3-8-12-31(35)36)30(21-29(32)34)39-22-24-15-17-26(18-16-24)25-9-5-4-6-10-25/h2,4-7,9-10,13-20,28-30,32-34H,3,8,11-12,21-22H2,1H3,(H,35,36)/b7-2-/t28-,29+,30+,32+/m0/s1. The molecule has 1 saturated carbocycles. The van der Waals surface area contributed by atoms with Gasteiger partial charge < -0.3 is 14.9 Å². The molecule has 40 heavy (non-hydrogen) atoms. The van der Waals surface area contributed by atoms with Crippen LogP contribution in [0.4, 0.5) is 0 Å². The lowest BCUT2D eigenvalue weighted by molar-refractivity contribution is -0.137. The molecule has 0 spiro atoms. The van der Waals surface area contributed by atoms with Gasteiger partial charge in [0, 0.05) is 18.8 Å². The maximum absolute atomic E-state index is 13.2. The van der Waals surface area contributed by atoms with Crippen LogP contribution in [0.15, 0.2) is 95.9 Å². The van der Waals surface area contributed by atoms with E-state index in [1.165, 1.54) is 0 Å². The third-order valence-electron chi connectivity index (χ3n) is 7.31. The van der Waals surface area contributed by atoms with Crippen LogP contribution >= 0.6 is 0 Å². The summed E-state index contributed by atoms with van der Waals surface area (Å²) >= 11 is 0. The SMILES string of the molecule is Cc1ccc(S(=O)(=O)N[C@@H]2[C@@H](C/C=C\CCCC(=O)O)[C@H](OCc3ccc(-c4ccccc4)cc3)C[C@H]2O)cc1. The highest BCUT2D eigenvalue weighted by molar-refractivity contribution is 7.89. The topological polar surface area (TPSA) is 113 Å². The summed E-state index contributed by atoms with van der Waals surface area (Å²) in [6.07, 6.45) is 4.61. The molecule has 0 bridgehead atoms. The fourth-order valence-electron chi connectivity index (χ4n) is 5.07. The van der Waals surface area contributed by atoms with Crippen LogP contribution in [0.2, 0.25) is 0 Å². The molecule has 7 nitrogen and oxygen atoms in total. The number of rotatable bonds is 13. The van der Waals surface area contributed by atoms with Crippen molar-refractivity contribution in [2.75, 3.05) is 0 Å². The second-order valence-corrected chi connectivity index (χ2v) is 12.0. The third kappa shape index (κ3) is 8.11. The first-order chi connectivity index (χ1) is 19.2. The second-order valence-electron chi connectivity index (χ2n) is 10.3. The van der Waals surface area contributed by atoms with Crippen molar-refractivity contribution in [3.63, 3.8) is 0 Å². The lowest BCUT2D eigenvalue weighted by atomic mass is 9.97. The van der Waals surface area contributed by atoms with Crippen LogP contribution in [-0.2, 0) is 26.2 Å². The predicted molar refractivity (Wildman–Crippen MR) is 155 cm³/mol. The Bertz CT molecular complexity index is 1370. The van der Waals surface area contributed by atoms with Crippen LogP contribution in [-0.4, -0.2) is 42.8 Å². The number of benzene rings is 3. The molecule has 212 valence electrons. The van der Waals surface area contributed by atoms with Crippen molar-refractivity contribution in [1.82, 2.24) is 4.72 Å². The smallest absolute Gasteiger partial charge is 0.303 e. The van der Waals surface area contributed by atoms with E-state index in [0.29, 0.717) is 32.3 Å². The van der Waals surface area contributed by atoms with Crippen molar-refractivity contribution in [3.05, 3.63) is 102 Å². The van der Waals surface area contributed by atoms with Gasteiger partial charge in [0.25, 0.3) is 0 Å². The molecule has 0 heterocycles. The highest BCUT2D eigenvalue weighted by atomic mass is 32.2. The second kappa shape index (κ2) is 13.9. The Kier molecular flexibility index (Phi) is 10.3. The van der Waals surface area contributed by atoms with E-state index in [2.05, 4.69) is 16.9 Å². The monoisotopic (exact) mass is 563 g/mol. The largest absolute Gasteiger partial charge is 0.481 e. The van der Waals surface area contributed by atoms with Gasteiger partial charge in [-0.05, 0) is 55.0 Å². The lowest BCUT2D eigenvalue weighted by Gasteiger charge is -2.25. The van der Waals surface area contributed by atoms with Gasteiger partial charge in [0.2, 0.25) is 10.0 Å². The molecule has 0 amide bonds. The first kappa shape index (κ1) is 29.7. The number of aliphatic carboxylic acids is 1. The zero-order chi connectivity index (χ0) is 28.5. The Morgan fingerprint density at radius 3 is 2.33 bits per heavy atom. The Morgan fingerprint density at radius 2 is 1.65 bits per heavy atom. The van der Waals surface area contributed by atoms with E-state index in [4.69, 9.17) is 9.84 Å². The third-order valence-corrected chi connectivity index (χ3v) is 8.79. The summed E-state index contributed by atoms with van der Waals surface area (Å²) in [4.78, 5) is 10.9. The fourth-order valence-corrected chi connectivity index (χ4v) is 6.39. The summed E-state index contributed by atoms with van der Waals surface area (Å²) in [5.74, 6) is -1.13. The molecule has 3 N–H and O–H groups in total. The molecule has 1 aliphatic carbocycles. The molecule has 0 saturated heterocycles. The minimum atomic E-state index is -3.85. The summed E-state index contributed by atoms with van der Waals surface area (Å²) in [5.41, 5.74) is 4.18. The van der Waals surface area contributed by atoms with Crippen LogP contribution in [0.1, 0.15) is 43.2 Å². The molecule has 0 unspecified atom stereocenters. The lowest BCUT2D eigenvalue weighted by Crippen LogP contribution is -2.44. The molecule has 0 aliphatic heterocycles. The maximum atomic E-state index is 13.2. The molecule has 4 rings (SSSR count). The fraction of sp³-hybridized carbons (Fsp3) is 0.344. The van der Waals surface area contributed by atoms with Crippen LogP contribution in [0.3, 0.4) is 0 Å². The zero-order valence-electron chi connectivity index (χ0n) is 22.6. The first-order valence-electron chi connectivity index (χ1n) is 13.6. The predicted octanol–water partition coefficient (Wildman–Crippen LogP) is 5.48. The molecule has 0 radical (unpaired) electrons. The summed E-state index contributed by atoms with van der Waals surface area (Å²) in [7, 11) is -3.85. The number of carboxylic acid groups (broad SMARTS) is 1. The number of unbranched alkanes of at least 4 members (excludes halogenated alkanes) is 1. The molecule has 3 aromatic carbocycles. The Labute approximate surface area is 236 Å². The highest BCUT2D eigenvalue weighted by Crippen LogP contribution is 2.34. The average molecular weight is 564 g/mol. The van der Waals surface area contributed by atoms with E-state index in [1.807, 2.05) is 61.5 Å². The quantitative estimate of drug-likeness (QED) is 0.188. The molecule has 1 fully saturated rings. The van der Waals surface area contributed by atoms with Gasteiger partial charge in [-0.3, -0.25) is 4.79 Å². The number of aliphatic hydroxyl groups is 1. The summed E-state index contributed by atoms with van der Waals surface area (Å²) in [5, 5.41) is 19.8.